The van der Waals surface area contributed by atoms with E-state index in [1.165, 1.54) is 11.1 Å². The Bertz CT molecular complexity index is 1470. The van der Waals surface area contributed by atoms with Crippen molar-refractivity contribution in [1.82, 2.24) is 4.57 Å². The van der Waals surface area contributed by atoms with E-state index < -0.39 is 5.91 Å². The molecule has 0 radical (unpaired) electrons. The number of amides is 1. The number of benzene rings is 4. The van der Waals surface area contributed by atoms with E-state index in [9.17, 15) is 9.90 Å². The fraction of sp³-hybridized carbons (Fsp3) is 0.107. The Kier molecular flexibility index (Phi) is 4.91. The number of primary amides is 1. The van der Waals surface area contributed by atoms with Gasteiger partial charge >= 0.3 is 0 Å². The molecule has 0 saturated heterocycles. The number of carbonyl (C=O) groups excluding carboxylic acids is 1. The monoisotopic (exact) mass is 420 g/mol. The summed E-state index contributed by atoms with van der Waals surface area (Å²) in [5.74, 6) is -0.338. The fourth-order valence-corrected chi connectivity index (χ4v) is 4.60. The highest BCUT2D eigenvalue weighted by Crippen LogP contribution is 2.38. The standard InChI is InChI=1S/C28H24N2O2/c1-18-13-24-27(25(31)14-18)26-22(28(29)32)11-6-12-23(26)30(24)17-21-10-5-9-20(16-21)15-19-7-3-2-4-8-19/h2-14,16,31H,15,17H2,1H3,(H2,29,32). The molecule has 0 saturated carbocycles. The lowest BCUT2D eigenvalue weighted by molar-refractivity contribution is 0.100. The van der Waals surface area contributed by atoms with Crippen molar-refractivity contribution in [3.05, 3.63) is 113 Å². The van der Waals surface area contributed by atoms with Gasteiger partial charge in [0.2, 0.25) is 5.91 Å². The molecule has 4 nitrogen and oxygen atoms in total. The Morgan fingerprint density at radius 3 is 2.31 bits per heavy atom. The lowest BCUT2D eigenvalue weighted by Gasteiger charge is -2.11. The van der Waals surface area contributed by atoms with Crippen LogP contribution in [0.1, 0.15) is 32.6 Å². The molecule has 0 bridgehead atoms. The number of aromatic hydroxyl groups is 1. The van der Waals surface area contributed by atoms with Gasteiger partial charge in [0.1, 0.15) is 5.75 Å². The van der Waals surface area contributed by atoms with Crippen molar-refractivity contribution in [2.75, 3.05) is 0 Å². The summed E-state index contributed by atoms with van der Waals surface area (Å²) >= 11 is 0. The minimum absolute atomic E-state index is 0.162. The van der Waals surface area contributed by atoms with Crippen molar-refractivity contribution in [2.24, 2.45) is 5.73 Å². The lowest BCUT2D eigenvalue weighted by Crippen LogP contribution is -2.11. The topological polar surface area (TPSA) is 68.2 Å². The predicted molar refractivity (Wildman–Crippen MR) is 129 cm³/mol. The van der Waals surface area contributed by atoms with Crippen LogP contribution < -0.4 is 5.73 Å². The molecule has 1 aromatic heterocycles. The van der Waals surface area contributed by atoms with Crippen LogP contribution in [0.3, 0.4) is 0 Å². The first-order valence-electron chi connectivity index (χ1n) is 10.7. The van der Waals surface area contributed by atoms with Crippen LogP contribution in [-0.2, 0) is 13.0 Å². The molecule has 0 spiro atoms. The average molecular weight is 421 g/mol. The van der Waals surface area contributed by atoms with Gasteiger partial charge in [-0.05, 0) is 59.9 Å². The number of aromatic nitrogens is 1. The summed E-state index contributed by atoms with van der Waals surface area (Å²) in [4.78, 5) is 12.2. The van der Waals surface area contributed by atoms with Crippen molar-refractivity contribution in [1.29, 1.82) is 0 Å². The van der Waals surface area contributed by atoms with Gasteiger partial charge in [0.05, 0.1) is 16.4 Å². The molecule has 4 aromatic carbocycles. The van der Waals surface area contributed by atoms with Crippen LogP contribution in [0.15, 0.2) is 84.9 Å². The zero-order chi connectivity index (χ0) is 22.2. The van der Waals surface area contributed by atoms with E-state index in [0.717, 1.165) is 28.6 Å². The molecule has 5 aromatic rings. The zero-order valence-electron chi connectivity index (χ0n) is 17.9. The molecule has 1 heterocycles. The van der Waals surface area contributed by atoms with Crippen LogP contribution in [0, 0.1) is 6.92 Å². The summed E-state index contributed by atoms with van der Waals surface area (Å²) in [6.45, 7) is 2.57. The Hall–Kier alpha value is -4.05. The minimum Gasteiger partial charge on any atom is -0.507 e. The molecule has 0 aliphatic rings. The summed E-state index contributed by atoms with van der Waals surface area (Å²) in [6, 6.07) is 28.3. The lowest BCUT2D eigenvalue weighted by atomic mass is 10.0. The molecular weight excluding hydrogens is 396 g/mol. The minimum atomic E-state index is -0.500. The molecular formula is C28H24N2O2. The van der Waals surface area contributed by atoms with Crippen LogP contribution >= 0.6 is 0 Å². The van der Waals surface area contributed by atoms with Crippen molar-refractivity contribution in [2.45, 2.75) is 19.9 Å². The smallest absolute Gasteiger partial charge is 0.249 e. The normalized spacial score (nSPS) is 11.3. The molecule has 0 unspecified atom stereocenters. The van der Waals surface area contributed by atoms with E-state index in [1.54, 1.807) is 12.1 Å². The number of aryl methyl sites for hydroxylation is 1. The highest BCUT2D eigenvalue weighted by molar-refractivity contribution is 6.19. The Morgan fingerprint density at radius 2 is 1.53 bits per heavy atom. The Balaban J connectivity index is 1.65. The predicted octanol–water partition coefficient (Wildman–Crippen LogP) is 5.55. The van der Waals surface area contributed by atoms with E-state index in [0.29, 0.717) is 22.9 Å². The molecule has 1 amide bonds. The van der Waals surface area contributed by atoms with Gasteiger partial charge in [0.25, 0.3) is 0 Å². The molecule has 4 heteroatoms. The largest absolute Gasteiger partial charge is 0.507 e. The van der Waals surface area contributed by atoms with Crippen molar-refractivity contribution in [3.8, 4) is 5.75 Å². The molecule has 5 rings (SSSR count). The first-order valence-corrected chi connectivity index (χ1v) is 10.7. The van der Waals surface area contributed by atoms with Crippen molar-refractivity contribution in [3.63, 3.8) is 0 Å². The summed E-state index contributed by atoms with van der Waals surface area (Å²) in [5, 5.41) is 12.1. The second-order valence-corrected chi connectivity index (χ2v) is 8.31. The van der Waals surface area contributed by atoms with Crippen LogP contribution in [0.2, 0.25) is 0 Å². The van der Waals surface area contributed by atoms with Gasteiger partial charge in [0.15, 0.2) is 0 Å². The number of nitrogens with zero attached hydrogens (tertiary/aromatic N) is 1. The first kappa shape index (κ1) is 19.9. The van der Waals surface area contributed by atoms with E-state index in [1.807, 2.05) is 31.2 Å². The van der Waals surface area contributed by atoms with Gasteiger partial charge in [0, 0.05) is 17.5 Å². The summed E-state index contributed by atoms with van der Waals surface area (Å²) in [5.41, 5.74) is 12.5. The van der Waals surface area contributed by atoms with Gasteiger partial charge in [-0.3, -0.25) is 4.79 Å². The third-order valence-electron chi connectivity index (χ3n) is 5.96. The number of fused-ring (bicyclic) bond motifs is 3. The average Bonchev–Trinajstić information content (AvgIpc) is 3.08. The number of hydrogen-bond acceptors (Lipinski definition) is 2. The van der Waals surface area contributed by atoms with E-state index >= 15 is 0 Å². The molecule has 32 heavy (non-hydrogen) atoms. The summed E-state index contributed by atoms with van der Waals surface area (Å²) in [6.07, 6.45) is 0.869. The number of phenols is 1. The maximum atomic E-state index is 12.2. The highest BCUT2D eigenvalue weighted by atomic mass is 16.3. The molecule has 0 fully saturated rings. The second-order valence-electron chi connectivity index (χ2n) is 8.31. The van der Waals surface area contributed by atoms with Crippen molar-refractivity contribution < 1.29 is 9.90 Å². The van der Waals surface area contributed by atoms with Crippen LogP contribution in [0.4, 0.5) is 0 Å². The third kappa shape index (κ3) is 3.50. The summed E-state index contributed by atoms with van der Waals surface area (Å²) in [7, 11) is 0. The molecule has 0 aliphatic carbocycles. The second kappa shape index (κ2) is 7.89. The first-order chi connectivity index (χ1) is 15.5. The van der Waals surface area contributed by atoms with Crippen molar-refractivity contribution >= 4 is 27.7 Å². The molecule has 0 aliphatic heterocycles. The van der Waals surface area contributed by atoms with Gasteiger partial charge in [-0.15, -0.1) is 0 Å². The van der Waals surface area contributed by atoms with Gasteiger partial charge in [-0.2, -0.15) is 0 Å². The van der Waals surface area contributed by atoms with Gasteiger partial charge < -0.3 is 15.4 Å². The number of carbonyl (C=O) groups is 1. The number of nitrogens with two attached hydrogens (primary N) is 1. The maximum absolute atomic E-state index is 12.2. The van der Waals surface area contributed by atoms with E-state index in [-0.39, 0.29) is 5.75 Å². The molecule has 3 N–H and O–H groups in total. The van der Waals surface area contributed by atoms with E-state index in [2.05, 4.69) is 53.1 Å². The number of phenolic OH excluding ortho intramolecular Hbond substituents is 1. The molecule has 158 valence electrons. The summed E-state index contributed by atoms with van der Waals surface area (Å²) < 4.78 is 2.16. The fourth-order valence-electron chi connectivity index (χ4n) is 4.60. The molecule has 0 atom stereocenters. The maximum Gasteiger partial charge on any atom is 0.249 e. The van der Waals surface area contributed by atoms with Crippen LogP contribution in [0.25, 0.3) is 21.8 Å². The third-order valence-corrected chi connectivity index (χ3v) is 5.96. The van der Waals surface area contributed by atoms with E-state index in [4.69, 9.17) is 5.73 Å². The van der Waals surface area contributed by atoms with Crippen LogP contribution in [0.5, 0.6) is 5.75 Å². The van der Waals surface area contributed by atoms with Gasteiger partial charge in [-0.25, -0.2) is 0 Å². The Labute approximate surface area is 186 Å². The highest BCUT2D eigenvalue weighted by Gasteiger charge is 2.19. The quantitative estimate of drug-likeness (QED) is 0.392. The van der Waals surface area contributed by atoms with Crippen LogP contribution in [-0.4, -0.2) is 15.6 Å². The Morgan fingerprint density at radius 1 is 0.812 bits per heavy atom. The number of rotatable bonds is 5. The SMILES string of the molecule is Cc1cc(O)c2c3c(C(N)=O)cccc3n(Cc3cccc(Cc4ccccc4)c3)c2c1. The number of hydrogen-bond donors (Lipinski definition) is 2. The zero-order valence-corrected chi connectivity index (χ0v) is 17.9. The van der Waals surface area contributed by atoms with Gasteiger partial charge in [-0.1, -0.05) is 60.7 Å².